The molecule has 1 fully saturated rings. The van der Waals surface area contributed by atoms with E-state index in [0.717, 1.165) is 44.7 Å². The maximum Gasteiger partial charge on any atom is 0.224 e. The second kappa shape index (κ2) is 8.62. The van der Waals surface area contributed by atoms with Gasteiger partial charge in [0.2, 0.25) is 11.8 Å². The van der Waals surface area contributed by atoms with Crippen LogP contribution in [0.1, 0.15) is 29.7 Å². The molecule has 5 rings (SSSR count). The minimum atomic E-state index is -0.0200. The Bertz CT molecular complexity index is 1090. The number of thiophene rings is 1. The average molecular weight is 440 g/mol. The maximum absolute atomic E-state index is 12.6. The number of nitrogens with zero attached hydrogens (tertiary/aromatic N) is 6. The average Bonchev–Trinajstić information content (AvgIpc) is 3.47. The molecule has 5 heterocycles. The fraction of sp³-hybridized carbons (Fsp3) is 0.476. The molecule has 1 saturated heterocycles. The summed E-state index contributed by atoms with van der Waals surface area (Å²) in [5, 5.41) is 17.4. The lowest BCUT2D eigenvalue weighted by Gasteiger charge is -2.32. The highest BCUT2D eigenvalue weighted by Crippen LogP contribution is 2.24. The molecular weight excluding hydrogens is 414 g/mol. The minimum absolute atomic E-state index is 0.0200. The van der Waals surface area contributed by atoms with E-state index >= 15 is 0 Å². The summed E-state index contributed by atoms with van der Waals surface area (Å²) in [6.45, 7) is 3.41. The highest BCUT2D eigenvalue weighted by Gasteiger charge is 2.26. The first kappa shape index (κ1) is 19.9. The third kappa shape index (κ3) is 4.25. The molecule has 0 spiro atoms. The summed E-state index contributed by atoms with van der Waals surface area (Å²) in [7, 11) is 0. The predicted molar refractivity (Wildman–Crippen MR) is 117 cm³/mol. The van der Waals surface area contributed by atoms with E-state index < -0.39 is 0 Å². The van der Waals surface area contributed by atoms with Crippen LogP contribution in [0.15, 0.2) is 29.9 Å². The van der Waals surface area contributed by atoms with E-state index in [1.807, 2.05) is 17.0 Å². The molecule has 2 aliphatic heterocycles. The van der Waals surface area contributed by atoms with Gasteiger partial charge in [0, 0.05) is 49.9 Å². The molecular formula is C21H25N7O2S. The SMILES string of the molecule is O=C(NCCC(=O)N1CCc2sccc2C1)C1CCN(c2ccc3nncn3n2)CC1. The standard InChI is InChI=1S/C21H25N7O2S/c29-20(27-11-6-17-16(13-27)7-12-31-17)3-8-22-21(30)15-4-9-26(10-5-15)19-2-1-18-24-23-14-28(18)25-19/h1-2,7,12,14-15H,3-6,8-11,13H2,(H,22,30). The van der Waals surface area contributed by atoms with Crippen molar-refractivity contribution in [3.63, 3.8) is 0 Å². The Labute approximate surface area is 184 Å². The van der Waals surface area contributed by atoms with Crippen molar-refractivity contribution in [2.24, 2.45) is 5.92 Å². The van der Waals surface area contributed by atoms with E-state index in [2.05, 4.69) is 37.0 Å². The van der Waals surface area contributed by atoms with Crippen LogP contribution in [0.5, 0.6) is 0 Å². The molecule has 162 valence electrons. The Kier molecular flexibility index (Phi) is 5.54. The molecule has 9 nitrogen and oxygen atoms in total. The molecule has 0 aliphatic carbocycles. The van der Waals surface area contributed by atoms with Crippen molar-refractivity contribution in [3.8, 4) is 0 Å². The second-order valence-corrected chi connectivity index (χ2v) is 9.06. The van der Waals surface area contributed by atoms with Gasteiger partial charge in [-0.15, -0.1) is 26.6 Å². The van der Waals surface area contributed by atoms with Crippen molar-refractivity contribution >= 4 is 34.6 Å². The Morgan fingerprint density at radius 1 is 1.16 bits per heavy atom. The van der Waals surface area contributed by atoms with E-state index in [-0.39, 0.29) is 17.7 Å². The first-order valence-electron chi connectivity index (χ1n) is 10.7. The Hall–Kier alpha value is -3.01. The van der Waals surface area contributed by atoms with E-state index in [1.165, 1.54) is 10.4 Å². The van der Waals surface area contributed by atoms with Crippen LogP contribution < -0.4 is 10.2 Å². The van der Waals surface area contributed by atoms with E-state index in [0.29, 0.717) is 25.2 Å². The quantitative estimate of drug-likeness (QED) is 0.647. The number of amides is 2. The first-order chi connectivity index (χ1) is 15.2. The third-order valence-electron chi connectivity index (χ3n) is 6.14. The van der Waals surface area contributed by atoms with Crippen molar-refractivity contribution < 1.29 is 9.59 Å². The van der Waals surface area contributed by atoms with Crippen LogP contribution in [0.2, 0.25) is 0 Å². The summed E-state index contributed by atoms with van der Waals surface area (Å²) in [6, 6.07) is 5.94. The number of fused-ring (bicyclic) bond motifs is 2. The van der Waals surface area contributed by atoms with Gasteiger partial charge in [-0.3, -0.25) is 9.59 Å². The van der Waals surface area contributed by atoms with Crippen molar-refractivity contribution in [3.05, 3.63) is 40.3 Å². The lowest BCUT2D eigenvalue weighted by molar-refractivity contribution is -0.132. The van der Waals surface area contributed by atoms with E-state index in [9.17, 15) is 9.59 Å². The van der Waals surface area contributed by atoms with Crippen LogP contribution in [0.25, 0.3) is 5.65 Å². The van der Waals surface area contributed by atoms with Gasteiger partial charge in [-0.2, -0.15) is 4.52 Å². The first-order valence-corrected chi connectivity index (χ1v) is 11.6. The van der Waals surface area contributed by atoms with Gasteiger partial charge in [0.1, 0.15) is 12.1 Å². The van der Waals surface area contributed by atoms with Gasteiger partial charge in [0.15, 0.2) is 5.65 Å². The van der Waals surface area contributed by atoms with Crippen LogP contribution in [-0.4, -0.2) is 62.7 Å². The number of hydrogen-bond donors (Lipinski definition) is 1. The number of nitrogens with one attached hydrogen (secondary N) is 1. The van der Waals surface area contributed by atoms with Gasteiger partial charge in [-0.05, 0) is 48.4 Å². The predicted octanol–water partition coefficient (Wildman–Crippen LogP) is 1.49. The Balaban J connectivity index is 1.06. The van der Waals surface area contributed by atoms with Crippen molar-refractivity contribution in [1.29, 1.82) is 0 Å². The number of hydrogen-bond acceptors (Lipinski definition) is 7. The zero-order valence-corrected chi connectivity index (χ0v) is 18.1. The van der Waals surface area contributed by atoms with Gasteiger partial charge in [-0.25, -0.2) is 0 Å². The van der Waals surface area contributed by atoms with Crippen molar-refractivity contribution in [2.45, 2.75) is 32.2 Å². The summed E-state index contributed by atoms with van der Waals surface area (Å²) >= 11 is 1.77. The number of carbonyl (C=O) groups is 2. The van der Waals surface area contributed by atoms with Crippen LogP contribution in [0.4, 0.5) is 5.82 Å². The number of piperidine rings is 1. The molecule has 2 aliphatic rings. The summed E-state index contributed by atoms with van der Waals surface area (Å²) in [5.74, 6) is 1.01. The lowest BCUT2D eigenvalue weighted by atomic mass is 9.96. The molecule has 1 N–H and O–H groups in total. The Morgan fingerprint density at radius 2 is 2.03 bits per heavy atom. The molecule has 2 amide bonds. The molecule has 3 aromatic rings. The van der Waals surface area contributed by atoms with Crippen LogP contribution in [0, 0.1) is 5.92 Å². The van der Waals surface area contributed by atoms with Crippen molar-refractivity contribution in [2.75, 3.05) is 31.1 Å². The number of carbonyl (C=O) groups excluding carboxylic acids is 2. The van der Waals surface area contributed by atoms with Gasteiger partial charge < -0.3 is 15.1 Å². The van der Waals surface area contributed by atoms with Crippen LogP contribution in [-0.2, 0) is 22.6 Å². The maximum atomic E-state index is 12.6. The zero-order valence-electron chi connectivity index (χ0n) is 17.2. The molecule has 0 unspecified atom stereocenters. The van der Waals surface area contributed by atoms with Crippen LogP contribution in [0.3, 0.4) is 0 Å². The monoisotopic (exact) mass is 439 g/mol. The fourth-order valence-corrected chi connectivity index (χ4v) is 5.20. The van der Waals surface area contributed by atoms with Gasteiger partial charge in [0.05, 0.1) is 0 Å². The molecule has 31 heavy (non-hydrogen) atoms. The lowest BCUT2D eigenvalue weighted by Crippen LogP contribution is -2.42. The summed E-state index contributed by atoms with van der Waals surface area (Å²) < 4.78 is 1.66. The number of rotatable bonds is 5. The van der Waals surface area contributed by atoms with E-state index in [4.69, 9.17) is 0 Å². The molecule has 0 aromatic carbocycles. The summed E-state index contributed by atoms with van der Waals surface area (Å²) in [5.41, 5.74) is 1.98. The molecule has 0 saturated carbocycles. The molecule has 10 heteroatoms. The normalized spacial score (nSPS) is 17.0. The van der Waals surface area contributed by atoms with Gasteiger partial charge in [0.25, 0.3) is 0 Å². The van der Waals surface area contributed by atoms with Gasteiger partial charge in [-0.1, -0.05) is 0 Å². The fourth-order valence-electron chi connectivity index (χ4n) is 4.31. The topological polar surface area (TPSA) is 95.7 Å². The number of anilines is 1. The minimum Gasteiger partial charge on any atom is -0.355 e. The van der Waals surface area contributed by atoms with Crippen LogP contribution >= 0.6 is 11.3 Å². The highest BCUT2D eigenvalue weighted by atomic mass is 32.1. The summed E-state index contributed by atoms with van der Waals surface area (Å²) in [6.07, 6.45) is 4.42. The second-order valence-electron chi connectivity index (χ2n) is 8.06. The summed E-state index contributed by atoms with van der Waals surface area (Å²) in [4.78, 5) is 30.6. The highest BCUT2D eigenvalue weighted by molar-refractivity contribution is 7.10. The van der Waals surface area contributed by atoms with E-state index in [1.54, 1.807) is 22.2 Å². The smallest absolute Gasteiger partial charge is 0.224 e. The molecule has 0 radical (unpaired) electrons. The third-order valence-corrected chi connectivity index (χ3v) is 7.16. The molecule has 0 atom stereocenters. The zero-order chi connectivity index (χ0) is 21.2. The number of aromatic nitrogens is 4. The molecule has 3 aromatic heterocycles. The van der Waals surface area contributed by atoms with Crippen molar-refractivity contribution in [1.82, 2.24) is 30.0 Å². The van der Waals surface area contributed by atoms with Gasteiger partial charge >= 0.3 is 0 Å². The molecule has 0 bridgehead atoms. The Morgan fingerprint density at radius 3 is 2.90 bits per heavy atom. The largest absolute Gasteiger partial charge is 0.355 e.